The molecular formula is C17H25N3. The molecule has 3 nitrogen and oxygen atoms in total. The summed E-state index contributed by atoms with van der Waals surface area (Å²) in [6, 6.07) is 9.78. The minimum atomic E-state index is 0.448. The number of rotatable bonds is 3. The average Bonchev–Trinajstić information content (AvgIpc) is 3.03. The van der Waals surface area contributed by atoms with Gasteiger partial charge in [0, 0.05) is 29.7 Å². The van der Waals surface area contributed by atoms with Gasteiger partial charge in [-0.2, -0.15) is 0 Å². The van der Waals surface area contributed by atoms with Crippen LogP contribution in [0.2, 0.25) is 0 Å². The Bertz CT molecular complexity index is 606. The summed E-state index contributed by atoms with van der Waals surface area (Å²) in [4.78, 5) is 2.37. The van der Waals surface area contributed by atoms with Crippen LogP contribution in [0, 0.1) is 6.92 Å². The zero-order valence-electron chi connectivity index (χ0n) is 13.0. The van der Waals surface area contributed by atoms with Crippen LogP contribution < -0.4 is 5.32 Å². The molecule has 1 N–H and O–H groups in total. The van der Waals surface area contributed by atoms with Crippen molar-refractivity contribution in [2.24, 2.45) is 7.05 Å². The number of hydrogen-bond donors (Lipinski definition) is 1. The predicted octanol–water partition coefficient (Wildman–Crippen LogP) is 2.84. The minimum absolute atomic E-state index is 0.448. The number of aryl methyl sites for hydroxylation is 1. The van der Waals surface area contributed by atoms with E-state index in [4.69, 9.17) is 0 Å². The Morgan fingerprint density at radius 3 is 2.70 bits per heavy atom. The number of likely N-dealkylation sites (N-methyl/N-ethyl adjacent to an activating group) is 1. The Hall–Kier alpha value is -1.32. The molecule has 20 heavy (non-hydrogen) atoms. The second-order valence-electron chi connectivity index (χ2n) is 6.19. The third kappa shape index (κ3) is 2.05. The van der Waals surface area contributed by atoms with Crippen LogP contribution in [0.25, 0.3) is 10.9 Å². The Balaban J connectivity index is 2.17. The van der Waals surface area contributed by atoms with E-state index in [-0.39, 0.29) is 0 Å². The van der Waals surface area contributed by atoms with Gasteiger partial charge < -0.3 is 14.8 Å². The Labute approximate surface area is 121 Å². The summed E-state index contributed by atoms with van der Waals surface area (Å²) >= 11 is 0. The summed E-state index contributed by atoms with van der Waals surface area (Å²) in [7, 11) is 6.58. The molecule has 0 bridgehead atoms. The molecule has 2 atom stereocenters. The molecule has 1 fully saturated rings. The topological polar surface area (TPSA) is 20.2 Å². The van der Waals surface area contributed by atoms with Crippen molar-refractivity contribution >= 4 is 10.9 Å². The second kappa shape index (κ2) is 5.23. The molecule has 0 spiro atoms. The number of aromatic nitrogens is 1. The van der Waals surface area contributed by atoms with Gasteiger partial charge >= 0.3 is 0 Å². The fourth-order valence-electron chi connectivity index (χ4n) is 3.72. The molecule has 3 rings (SSSR count). The number of fused-ring (bicyclic) bond motifs is 1. The van der Waals surface area contributed by atoms with Crippen LogP contribution >= 0.6 is 0 Å². The summed E-state index contributed by atoms with van der Waals surface area (Å²) < 4.78 is 2.33. The number of benzene rings is 1. The lowest BCUT2D eigenvalue weighted by molar-refractivity contribution is 0.244. The van der Waals surface area contributed by atoms with Gasteiger partial charge in [0.1, 0.15) is 0 Å². The second-order valence-corrected chi connectivity index (χ2v) is 6.19. The van der Waals surface area contributed by atoms with Gasteiger partial charge in [0.15, 0.2) is 0 Å². The summed E-state index contributed by atoms with van der Waals surface area (Å²) in [5.41, 5.74) is 4.22. The Kier molecular flexibility index (Phi) is 3.57. The van der Waals surface area contributed by atoms with Gasteiger partial charge in [-0.3, -0.25) is 0 Å². The van der Waals surface area contributed by atoms with E-state index in [1.807, 2.05) is 0 Å². The van der Waals surface area contributed by atoms with Crippen LogP contribution in [0.1, 0.15) is 30.1 Å². The van der Waals surface area contributed by atoms with Crippen molar-refractivity contribution in [1.29, 1.82) is 0 Å². The lowest BCUT2D eigenvalue weighted by Gasteiger charge is -2.31. The van der Waals surface area contributed by atoms with E-state index in [2.05, 4.69) is 67.1 Å². The van der Waals surface area contributed by atoms with Crippen LogP contribution in [0.5, 0.6) is 0 Å². The largest absolute Gasteiger partial charge is 0.348 e. The van der Waals surface area contributed by atoms with E-state index in [1.165, 1.54) is 35.0 Å². The first-order chi connectivity index (χ1) is 9.61. The van der Waals surface area contributed by atoms with Crippen LogP contribution in [0.4, 0.5) is 0 Å². The third-order valence-electron chi connectivity index (χ3n) is 4.78. The lowest BCUT2D eigenvalue weighted by atomic mass is 9.94. The number of nitrogens with zero attached hydrogens (tertiary/aromatic N) is 2. The van der Waals surface area contributed by atoms with Crippen LogP contribution in [0.3, 0.4) is 0 Å². The highest BCUT2D eigenvalue weighted by Crippen LogP contribution is 2.36. The van der Waals surface area contributed by atoms with E-state index in [1.54, 1.807) is 0 Å². The molecule has 1 aromatic heterocycles. The van der Waals surface area contributed by atoms with E-state index in [0.717, 1.165) is 6.54 Å². The minimum Gasteiger partial charge on any atom is -0.348 e. The molecule has 0 radical (unpaired) electrons. The molecular weight excluding hydrogens is 246 g/mol. The smallest absolute Gasteiger partial charge is 0.0520 e. The lowest BCUT2D eigenvalue weighted by Crippen LogP contribution is -2.37. The van der Waals surface area contributed by atoms with Gasteiger partial charge in [0.25, 0.3) is 0 Å². The molecule has 3 heteroatoms. The normalized spacial score (nSPS) is 20.9. The molecule has 1 saturated heterocycles. The number of nitrogens with one attached hydrogen (secondary N) is 1. The van der Waals surface area contributed by atoms with Gasteiger partial charge in [0.05, 0.1) is 6.04 Å². The molecule has 2 aromatic rings. The van der Waals surface area contributed by atoms with E-state index in [9.17, 15) is 0 Å². The van der Waals surface area contributed by atoms with Crippen LogP contribution in [-0.2, 0) is 7.05 Å². The molecule has 0 saturated carbocycles. The van der Waals surface area contributed by atoms with Crippen molar-refractivity contribution in [3.8, 4) is 0 Å². The van der Waals surface area contributed by atoms with Gasteiger partial charge in [-0.05, 0) is 52.0 Å². The molecule has 0 aliphatic carbocycles. The van der Waals surface area contributed by atoms with Crippen molar-refractivity contribution in [3.05, 3.63) is 35.5 Å². The number of hydrogen-bond acceptors (Lipinski definition) is 2. The SMILES string of the molecule is Cc1c(C(C2CCCN2)N(C)C)c2ccccc2n1C. The molecule has 2 unspecified atom stereocenters. The maximum atomic E-state index is 3.69. The van der Waals surface area contributed by atoms with Crippen molar-refractivity contribution in [1.82, 2.24) is 14.8 Å². The highest BCUT2D eigenvalue weighted by molar-refractivity contribution is 5.86. The fraction of sp³-hybridized carbons (Fsp3) is 0.529. The van der Waals surface area contributed by atoms with Crippen molar-refractivity contribution < 1.29 is 0 Å². The van der Waals surface area contributed by atoms with Gasteiger partial charge in [0.2, 0.25) is 0 Å². The zero-order chi connectivity index (χ0) is 14.3. The van der Waals surface area contributed by atoms with E-state index in [0.29, 0.717) is 12.1 Å². The molecule has 1 aliphatic heterocycles. The van der Waals surface area contributed by atoms with Gasteiger partial charge in [-0.1, -0.05) is 18.2 Å². The first kappa shape index (κ1) is 13.7. The fourth-order valence-corrected chi connectivity index (χ4v) is 3.72. The van der Waals surface area contributed by atoms with Crippen LogP contribution in [0.15, 0.2) is 24.3 Å². The summed E-state index contributed by atoms with van der Waals surface area (Å²) in [5.74, 6) is 0. The first-order valence-electron chi connectivity index (χ1n) is 7.55. The average molecular weight is 271 g/mol. The Morgan fingerprint density at radius 2 is 2.05 bits per heavy atom. The molecule has 1 aliphatic rings. The summed E-state index contributed by atoms with van der Waals surface area (Å²) in [6.07, 6.45) is 2.56. The van der Waals surface area contributed by atoms with Crippen molar-refractivity contribution in [3.63, 3.8) is 0 Å². The number of para-hydroxylation sites is 1. The summed E-state index contributed by atoms with van der Waals surface area (Å²) in [6.45, 7) is 3.40. The monoisotopic (exact) mass is 271 g/mol. The molecule has 108 valence electrons. The highest BCUT2D eigenvalue weighted by atomic mass is 15.2. The van der Waals surface area contributed by atoms with Gasteiger partial charge in [-0.15, -0.1) is 0 Å². The van der Waals surface area contributed by atoms with Gasteiger partial charge in [-0.25, -0.2) is 0 Å². The maximum absolute atomic E-state index is 3.69. The third-order valence-corrected chi connectivity index (χ3v) is 4.78. The standard InChI is InChI=1S/C17H25N3/c1-12-16(13-8-5-6-10-15(13)20(12)4)17(19(2)3)14-9-7-11-18-14/h5-6,8,10,14,17-18H,7,9,11H2,1-4H3. The first-order valence-corrected chi connectivity index (χ1v) is 7.55. The molecule has 1 aromatic carbocycles. The van der Waals surface area contributed by atoms with Crippen LogP contribution in [-0.4, -0.2) is 36.1 Å². The van der Waals surface area contributed by atoms with E-state index >= 15 is 0 Å². The summed E-state index contributed by atoms with van der Waals surface area (Å²) in [5, 5.41) is 5.09. The van der Waals surface area contributed by atoms with E-state index < -0.39 is 0 Å². The van der Waals surface area contributed by atoms with Crippen molar-refractivity contribution in [2.45, 2.75) is 31.8 Å². The van der Waals surface area contributed by atoms with Crippen molar-refractivity contribution in [2.75, 3.05) is 20.6 Å². The molecule has 0 amide bonds. The zero-order valence-corrected chi connectivity index (χ0v) is 13.0. The maximum Gasteiger partial charge on any atom is 0.0520 e. The predicted molar refractivity (Wildman–Crippen MR) is 85.1 cm³/mol. The molecule has 2 heterocycles. The quantitative estimate of drug-likeness (QED) is 0.926. The Morgan fingerprint density at radius 1 is 1.30 bits per heavy atom. The highest BCUT2D eigenvalue weighted by Gasteiger charge is 2.31.